The minimum Gasteiger partial charge on any atom is -0.368 e. The first kappa shape index (κ1) is 12.9. The summed E-state index contributed by atoms with van der Waals surface area (Å²) in [6.45, 7) is 0.466. The van der Waals surface area contributed by atoms with Crippen molar-refractivity contribution < 1.29 is 9.59 Å². The molecule has 2 amide bonds. The average molecular weight is 237 g/mol. The van der Waals surface area contributed by atoms with Gasteiger partial charge in [-0.05, 0) is 12.1 Å². The maximum Gasteiger partial charge on any atom is 0.271 e. The predicted molar refractivity (Wildman–Crippen MR) is 62.6 cm³/mol. The van der Waals surface area contributed by atoms with E-state index in [1.54, 1.807) is 19.2 Å². The van der Waals surface area contributed by atoms with Gasteiger partial charge in [0.05, 0.1) is 0 Å². The quantitative estimate of drug-likeness (QED) is 0.634. The maximum absolute atomic E-state index is 11.2. The molecule has 7 nitrogen and oxygen atoms in total. The Hall–Kier alpha value is -2.18. The Kier molecular flexibility index (Phi) is 4.86. The number of hydrogen-bond acceptors (Lipinski definition) is 5. The molecule has 92 valence electrons. The van der Waals surface area contributed by atoms with Crippen LogP contribution in [0.15, 0.2) is 12.1 Å². The van der Waals surface area contributed by atoms with Crippen molar-refractivity contribution in [2.45, 2.75) is 6.42 Å². The molecule has 1 rings (SSSR count). The predicted octanol–water partition coefficient (Wildman–Crippen LogP) is -0.616. The topological polar surface area (TPSA) is 96.0 Å². The Labute approximate surface area is 99.0 Å². The van der Waals surface area contributed by atoms with Gasteiger partial charge in [-0.3, -0.25) is 9.59 Å². The van der Waals surface area contributed by atoms with E-state index in [-0.39, 0.29) is 17.5 Å². The Morgan fingerprint density at radius 3 is 2.47 bits per heavy atom. The van der Waals surface area contributed by atoms with Gasteiger partial charge in [0.1, 0.15) is 5.82 Å². The number of carbonyl (C=O) groups is 2. The van der Waals surface area contributed by atoms with Gasteiger partial charge in [0.25, 0.3) is 5.91 Å². The second kappa shape index (κ2) is 6.41. The minimum atomic E-state index is -0.283. The van der Waals surface area contributed by atoms with Gasteiger partial charge < -0.3 is 16.0 Å². The van der Waals surface area contributed by atoms with E-state index >= 15 is 0 Å². The van der Waals surface area contributed by atoms with Crippen molar-refractivity contribution >= 4 is 17.6 Å². The molecule has 3 N–H and O–H groups in total. The lowest BCUT2D eigenvalue weighted by Gasteiger charge is -2.04. The summed E-state index contributed by atoms with van der Waals surface area (Å²) in [5, 5.41) is 15.5. The largest absolute Gasteiger partial charge is 0.368 e. The highest BCUT2D eigenvalue weighted by atomic mass is 16.2. The number of anilines is 1. The van der Waals surface area contributed by atoms with Crippen molar-refractivity contribution in [1.82, 2.24) is 20.8 Å². The van der Waals surface area contributed by atoms with Crippen molar-refractivity contribution in [3.63, 3.8) is 0 Å². The molecular formula is C10H15N5O2. The molecule has 0 aliphatic rings. The smallest absolute Gasteiger partial charge is 0.271 e. The molecule has 0 aliphatic carbocycles. The van der Waals surface area contributed by atoms with Crippen LogP contribution in [0.3, 0.4) is 0 Å². The number of amides is 2. The highest BCUT2D eigenvalue weighted by Crippen LogP contribution is 2.01. The monoisotopic (exact) mass is 237 g/mol. The zero-order valence-corrected chi connectivity index (χ0v) is 9.78. The lowest BCUT2D eigenvalue weighted by atomic mass is 10.3. The summed E-state index contributed by atoms with van der Waals surface area (Å²) < 4.78 is 0. The Morgan fingerprint density at radius 1 is 1.18 bits per heavy atom. The van der Waals surface area contributed by atoms with E-state index in [0.717, 1.165) is 0 Å². The molecule has 0 spiro atoms. The van der Waals surface area contributed by atoms with Crippen LogP contribution in [0.5, 0.6) is 0 Å². The maximum atomic E-state index is 11.2. The van der Waals surface area contributed by atoms with E-state index in [0.29, 0.717) is 18.8 Å². The van der Waals surface area contributed by atoms with E-state index < -0.39 is 0 Å². The van der Waals surface area contributed by atoms with Crippen LogP contribution in [0, 0.1) is 0 Å². The SMILES string of the molecule is CNC(=O)CCNc1ccc(C(=O)NC)nn1. The van der Waals surface area contributed by atoms with Gasteiger partial charge in [-0.25, -0.2) is 0 Å². The van der Waals surface area contributed by atoms with Crippen molar-refractivity contribution in [1.29, 1.82) is 0 Å². The van der Waals surface area contributed by atoms with Gasteiger partial charge in [0, 0.05) is 27.1 Å². The van der Waals surface area contributed by atoms with Gasteiger partial charge >= 0.3 is 0 Å². The van der Waals surface area contributed by atoms with Crippen molar-refractivity contribution in [2.75, 3.05) is 26.0 Å². The third kappa shape index (κ3) is 4.06. The van der Waals surface area contributed by atoms with E-state index in [2.05, 4.69) is 26.1 Å². The number of aromatic nitrogens is 2. The first-order chi connectivity index (χ1) is 8.17. The molecule has 0 bridgehead atoms. The molecule has 0 aliphatic heterocycles. The molecule has 1 aromatic heterocycles. The standard InChI is InChI=1S/C10H15N5O2/c1-11-9(16)5-6-13-8-4-3-7(14-15-8)10(17)12-2/h3-4H,5-6H2,1-2H3,(H,11,16)(H,12,17)(H,13,15). The summed E-state index contributed by atoms with van der Waals surface area (Å²) in [6, 6.07) is 3.20. The van der Waals surface area contributed by atoms with Crippen LogP contribution in [0.1, 0.15) is 16.9 Å². The second-order valence-corrected chi connectivity index (χ2v) is 3.23. The number of rotatable bonds is 5. The zero-order valence-electron chi connectivity index (χ0n) is 9.78. The third-order valence-corrected chi connectivity index (χ3v) is 2.06. The van der Waals surface area contributed by atoms with Gasteiger partial charge in [-0.15, -0.1) is 10.2 Å². The average Bonchev–Trinajstić information content (AvgIpc) is 2.38. The first-order valence-corrected chi connectivity index (χ1v) is 5.17. The van der Waals surface area contributed by atoms with Crippen LogP contribution in [0.2, 0.25) is 0 Å². The summed E-state index contributed by atoms with van der Waals surface area (Å²) in [6.07, 6.45) is 0.357. The summed E-state index contributed by atoms with van der Waals surface area (Å²) in [5.41, 5.74) is 0.254. The fraction of sp³-hybridized carbons (Fsp3) is 0.400. The molecule has 7 heteroatoms. The fourth-order valence-corrected chi connectivity index (χ4v) is 1.10. The summed E-state index contributed by atoms with van der Waals surface area (Å²) in [7, 11) is 3.11. The summed E-state index contributed by atoms with van der Waals surface area (Å²) in [5.74, 6) is 0.198. The van der Waals surface area contributed by atoms with Gasteiger partial charge in [-0.1, -0.05) is 0 Å². The number of carbonyl (C=O) groups excluding carboxylic acids is 2. The lowest BCUT2D eigenvalue weighted by Crippen LogP contribution is -2.21. The molecule has 0 radical (unpaired) electrons. The molecule has 0 unspecified atom stereocenters. The minimum absolute atomic E-state index is 0.0487. The van der Waals surface area contributed by atoms with Crippen LogP contribution in [0.4, 0.5) is 5.82 Å². The summed E-state index contributed by atoms with van der Waals surface area (Å²) in [4.78, 5) is 22.1. The van der Waals surface area contributed by atoms with Gasteiger partial charge in [0.15, 0.2) is 5.69 Å². The first-order valence-electron chi connectivity index (χ1n) is 5.17. The molecule has 0 aromatic carbocycles. The van der Waals surface area contributed by atoms with Crippen LogP contribution in [-0.4, -0.2) is 42.7 Å². The van der Waals surface area contributed by atoms with Crippen LogP contribution in [-0.2, 0) is 4.79 Å². The zero-order chi connectivity index (χ0) is 12.7. The van der Waals surface area contributed by atoms with Crippen molar-refractivity contribution in [3.8, 4) is 0 Å². The third-order valence-electron chi connectivity index (χ3n) is 2.06. The highest BCUT2D eigenvalue weighted by molar-refractivity contribution is 5.91. The molecular weight excluding hydrogens is 222 g/mol. The van der Waals surface area contributed by atoms with E-state index in [9.17, 15) is 9.59 Å². The number of nitrogens with zero attached hydrogens (tertiary/aromatic N) is 2. The molecule has 0 fully saturated rings. The van der Waals surface area contributed by atoms with E-state index in [4.69, 9.17) is 0 Å². The Morgan fingerprint density at radius 2 is 1.94 bits per heavy atom. The number of hydrogen-bond donors (Lipinski definition) is 3. The molecule has 0 atom stereocenters. The Balaban J connectivity index is 2.46. The van der Waals surface area contributed by atoms with Gasteiger partial charge in [0.2, 0.25) is 5.91 Å². The van der Waals surface area contributed by atoms with Crippen molar-refractivity contribution in [3.05, 3.63) is 17.8 Å². The highest BCUT2D eigenvalue weighted by Gasteiger charge is 2.05. The normalized spacial score (nSPS) is 9.53. The molecule has 17 heavy (non-hydrogen) atoms. The molecule has 1 heterocycles. The van der Waals surface area contributed by atoms with Crippen molar-refractivity contribution in [2.24, 2.45) is 0 Å². The fourth-order valence-electron chi connectivity index (χ4n) is 1.10. The summed E-state index contributed by atoms with van der Waals surface area (Å²) >= 11 is 0. The van der Waals surface area contributed by atoms with E-state index in [1.807, 2.05) is 0 Å². The van der Waals surface area contributed by atoms with E-state index in [1.165, 1.54) is 7.05 Å². The molecule has 0 saturated carbocycles. The number of nitrogens with one attached hydrogen (secondary N) is 3. The second-order valence-electron chi connectivity index (χ2n) is 3.23. The van der Waals surface area contributed by atoms with Gasteiger partial charge in [-0.2, -0.15) is 0 Å². The van der Waals surface area contributed by atoms with Crippen LogP contribution >= 0.6 is 0 Å². The molecule has 1 aromatic rings. The lowest BCUT2D eigenvalue weighted by molar-refractivity contribution is -0.120. The Bertz CT molecular complexity index is 390. The van der Waals surface area contributed by atoms with Crippen LogP contribution in [0.25, 0.3) is 0 Å². The van der Waals surface area contributed by atoms with Crippen LogP contribution < -0.4 is 16.0 Å². The molecule has 0 saturated heterocycles.